The highest BCUT2D eigenvalue weighted by Crippen LogP contribution is 2.16. The van der Waals surface area contributed by atoms with E-state index in [0.29, 0.717) is 18.9 Å². The number of benzene rings is 1. The summed E-state index contributed by atoms with van der Waals surface area (Å²) in [6, 6.07) is 13.6. The number of aromatic nitrogens is 1. The molecule has 2 rings (SSSR count). The quantitative estimate of drug-likeness (QED) is 0.850. The normalized spacial score (nSPS) is 10.4. The molecule has 110 valence electrons. The Labute approximate surface area is 125 Å². The molecular weight excluding hydrogens is 262 g/mol. The lowest BCUT2D eigenvalue weighted by Crippen LogP contribution is -2.13. The predicted octanol–water partition coefficient (Wildman–Crippen LogP) is 3.68. The van der Waals surface area contributed by atoms with E-state index in [1.807, 2.05) is 56.3 Å². The minimum Gasteiger partial charge on any atom is -0.379 e. The maximum atomic E-state index is 11.8. The van der Waals surface area contributed by atoms with Crippen LogP contribution in [0.4, 0.5) is 11.4 Å². The van der Waals surface area contributed by atoms with Crippen LogP contribution in [0.5, 0.6) is 0 Å². The lowest BCUT2D eigenvalue weighted by Gasteiger charge is -2.10. The molecule has 0 unspecified atom stereocenters. The zero-order valence-electron chi connectivity index (χ0n) is 12.5. The number of rotatable bonds is 6. The van der Waals surface area contributed by atoms with Gasteiger partial charge in [-0.3, -0.25) is 9.78 Å². The van der Waals surface area contributed by atoms with E-state index in [1.165, 1.54) is 0 Å². The van der Waals surface area contributed by atoms with Gasteiger partial charge in [0.25, 0.3) is 0 Å². The Morgan fingerprint density at radius 2 is 1.95 bits per heavy atom. The van der Waals surface area contributed by atoms with Crippen molar-refractivity contribution in [3.8, 4) is 0 Å². The molecule has 0 spiro atoms. The van der Waals surface area contributed by atoms with Crippen LogP contribution in [-0.4, -0.2) is 10.9 Å². The van der Waals surface area contributed by atoms with Crippen LogP contribution in [0.1, 0.15) is 26.0 Å². The molecule has 0 radical (unpaired) electrons. The summed E-state index contributed by atoms with van der Waals surface area (Å²) in [6.45, 7) is 4.72. The molecule has 0 aliphatic carbocycles. The Hall–Kier alpha value is -2.36. The van der Waals surface area contributed by atoms with Crippen molar-refractivity contribution in [3.63, 3.8) is 0 Å². The van der Waals surface area contributed by atoms with Crippen molar-refractivity contribution >= 4 is 17.3 Å². The summed E-state index contributed by atoms with van der Waals surface area (Å²) in [6.07, 6.45) is 2.31. The van der Waals surface area contributed by atoms with E-state index in [4.69, 9.17) is 0 Å². The van der Waals surface area contributed by atoms with Crippen molar-refractivity contribution in [2.75, 3.05) is 10.6 Å². The first kappa shape index (κ1) is 15.0. The zero-order chi connectivity index (χ0) is 15.1. The van der Waals surface area contributed by atoms with Crippen LogP contribution in [0.2, 0.25) is 0 Å². The standard InChI is InChI=1S/C17H21N3O/c1-13(2)10-17(21)20-15-8-5-7-14(11-15)19-12-16-6-3-4-9-18-16/h3-9,11,13,19H,10,12H2,1-2H3,(H,20,21). The Morgan fingerprint density at radius 3 is 2.67 bits per heavy atom. The maximum Gasteiger partial charge on any atom is 0.224 e. The van der Waals surface area contributed by atoms with Crippen LogP contribution in [-0.2, 0) is 11.3 Å². The van der Waals surface area contributed by atoms with Gasteiger partial charge in [-0.05, 0) is 36.2 Å². The van der Waals surface area contributed by atoms with E-state index in [0.717, 1.165) is 17.1 Å². The van der Waals surface area contributed by atoms with Gasteiger partial charge in [-0.25, -0.2) is 0 Å². The van der Waals surface area contributed by atoms with Crippen molar-refractivity contribution in [3.05, 3.63) is 54.4 Å². The third-order valence-corrected chi connectivity index (χ3v) is 2.94. The summed E-state index contributed by atoms with van der Waals surface area (Å²) < 4.78 is 0. The van der Waals surface area contributed by atoms with E-state index in [-0.39, 0.29) is 5.91 Å². The van der Waals surface area contributed by atoms with Gasteiger partial charge in [-0.1, -0.05) is 26.0 Å². The van der Waals surface area contributed by atoms with Crippen LogP contribution in [0.15, 0.2) is 48.7 Å². The molecule has 0 bridgehead atoms. The van der Waals surface area contributed by atoms with E-state index >= 15 is 0 Å². The van der Waals surface area contributed by atoms with E-state index in [1.54, 1.807) is 6.20 Å². The second-order valence-electron chi connectivity index (χ2n) is 5.40. The summed E-state index contributed by atoms with van der Waals surface area (Å²) in [4.78, 5) is 16.0. The number of carbonyl (C=O) groups excluding carboxylic acids is 1. The van der Waals surface area contributed by atoms with E-state index in [9.17, 15) is 4.79 Å². The molecule has 0 saturated carbocycles. The molecule has 4 nitrogen and oxygen atoms in total. The van der Waals surface area contributed by atoms with Crippen LogP contribution in [0.3, 0.4) is 0 Å². The number of carbonyl (C=O) groups is 1. The number of nitrogens with one attached hydrogen (secondary N) is 2. The Bertz CT molecular complexity index is 582. The van der Waals surface area contributed by atoms with Crippen molar-refractivity contribution in [1.82, 2.24) is 4.98 Å². The first-order chi connectivity index (χ1) is 10.1. The first-order valence-electron chi connectivity index (χ1n) is 7.17. The monoisotopic (exact) mass is 283 g/mol. The minimum absolute atomic E-state index is 0.0480. The Morgan fingerprint density at radius 1 is 1.14 bits per heavy atom. The number of anilines is 2. The van der Waals surface area contributed by atoms with Gasteiger partial charge in [0, 0.05) is 24.0 Å². The third-order valence-electron chi connectivity index (χ3n) is 2.94. The zero-order valence-corrected chi connectivity index (χ0v) is 12.5. The highest BCUT2D eigenvalue weighted by atomic mass is 16.1. The molecule has 0 fully saturated rings. The van der Waals surface area contributed by atoms with Gasteiger partial charge >= 0.3 is 0 Å². The Balaban J connectivity index is 1.93. The van der Waals surface area contributed by atoms with Gasteiger partial charge in [-0.15, -0.1) is 0 Å². The second-order valence-corrected chi connectivity index (χ2v) is 5.40. The molecule has 1 amide bonds. The lowest BCUT2D eigenvalue weighted by atomic mass is 10.1. The average Bonchev–Trinajstić information content (AvgIpc) is 2.46. The molecule has 1 heterocycles. The molecule has 2 aromatic rings. The fourth-order valence-electron chi connectivity index (χ4n) is 1.99. The smallest absolute Gasteiger partial charge is 0.224 e. The SMILES string of the molecule is CC(C)CC(=O)Nc1cccc(NCc2ccccn2)c1. The number of hydrogen-bond acceptors (Lipinski definition) is 3. The van der Waals surface area contributed by atoms with Crippen LogP contribution in [0, 0.1) is 5.92 Å². The molecule has 4 heteroatoms. The number of amides is 1. The predicted molar refractivity (Wildman–Crippen MR) is 86.1 cm³/mol. The fourth-order valence-corrected chi connectivity index (χ4v) is 1.99. The van der Waals surface area contributed by atoms with Crippen LogP contribution < -0.4 is 10.6 Å². The number of pyridine rings is 1. The van der Waals surface area contributed by atoms with Crippen molar-refractivity contribution < 1.29 is 4.79 Å². The molecule has 0 saturated heterocycles. The topological polar surface area (TPSA) is 54.0 Å². The van der Waals surface area contributed by atoms with Gasteiger partial charge in [0.2, 0.25) is 5.91 Å². The van der Waals surface area contributed by atoms with E-state index < -0.39 is 0 Å². The largest absolute Gasteiger partial charge is 0.379 e. The Kier molecular flexibility index (Phi) is 5.32. The van der Waals surface area contributed by atoms with Gasteiger partial charge in [0.15, 0.2) is 0 Å². The third kappa shape index (κ3) is 5.26. The van der Waals surface area contributed by atoms with E-state index in [2.05, 4.69) is 15.6 Å². The minimum atomic E-state index is 0.0480. The second kappa shape index (κ2) is 7.43. The highest BCUT2D eigenvalue weighted by Gasteiger charge is 2.05. The molecule has 1 aromatic heterocycles. The molecule has 0 atom stereocenters. The van der Waals surface area contributed by atoms with Gasteiger partial charge in [-0.2, -0.15) is 0 Å². The van der Waals surface area contributed by atoms with Crippen molar-refractivity contribution in [1.29, 1.82) is 0 Å². The molecule has 21 heavy (non-hydrogen) atoms. The molecular formula is C17H21N3O. The van der Waals surface area contributed by atoms with Crippen molar-refractivity contribution in [2.45, 2.75) is 26.8 Å². The fraction of sp³-hybridized carbons (Fsp3) is 0.294. The van der Waals surface area contributed by atoms with Crippen LogP contribution in [0.25, 0.3) is 0 Å². The maximum absolute atomic E-state index is 11.8. The van der Waals surface area contributed by atoms with Gasteiger partial charge < -0.3 is 10.6 Å². The van der Waals surface area contributed by atoms with Gasteiger partial charge in [0.05, 0.1) is 12.2 Å². The molecule has 2 N–H and O–H groups in total. The molecule has 0 aliphatic heterocycles. The average molecular weight is 283 g/mol. The summed E-state index contributed by atoms with van der Waals surface area (Å²) in [5.41, 5.74) is 2.75. The number of nitrogens with zero attached hydrogens (tertiary/aromatic N) is 1. The van der Waals surface area contributed by atoms with Crippen LogP contribution >= 0.6 is 0 Å². The van der Waals surface area contributed by atoms with Crippen molar-refractivity contribution in [2.24, 2.45) is 5.92 Å². The van der Waals surface area contributed by atoms with Gasteiger partial charge in [0.1, 0.15) is 0 Å². The summed E-state index contributed by atoms with van der Waals surface area (Å²) in [5.74, 6) is 0.405. The summed E-state index contributed by atoms with van der Waals surface area (Å²) >= 11 is 0. The lowest BCUT2D eigenvalue weighted by molar-refractivity contribution is -0.116. The first-order valence-corrected chi connectivity index (χ1v) is 7.17. The number of hydrogen-bond donors (Lipinski definition) is 2. The summed E-state index contributed by atoms with van der Waals surface area (Å²) in [7, 11) is 0. The molecule has 0 aliphatic rings. The molecule has 1 aromatic carbocycles. The summed E-state index contributed by atoms with van der Waals surface area (Å²) in [5, 5.41) is 6.22. The highest BCUT2D eigenvalue weighted by molar-refractivity contribution is 5.91.